The van der Waals surface area contributed by atoms with Crippen molar-refractivity contribution in [1.29, 1.82) is 0 Å². The van der Waals surface area contributed by atoms with Gasteiger partial charge in [-0.05, 0) is 23.8 Å². The van der Waals surface area contributed by atoms with E-state index in [9.17, 15) is 9.90 Å². The molecule has 0 N–H and O–H groups in total. The summed E-state index contributed by atoms with van der Waals surface area (Å²) >= 11 is 1.08. The van der Waals surface area contributed by atoms with Crippen molar-refractivity contribution in [2.75, 3.05) is 13.7 Å². The number of benzene rings is 2. The zero-order valence-corrected chi connectivity index (χ0v) is 16.1. The van der Waals surface area contributed by atoms with E-state index in [-0.39, 0.29) is 4.88 Å². The Morgan fingerprint density at radius 3 is 2.64 bits per heavy atom. The fourth-order valence-electron chi connectivity index (χ4n) is 2.56. The van der Waals surface area contributed by atoms with Crippen molar-refractivity contribution < 1.29 is 19.4 Å². The number of rotatable bonds is 8. The highest BCUT2D eigenvalue weighted by Crippen LogP contribution is 2.31. The zero-order chi connectivity index (χ0) is 19.9. The van der Waals surface area contributed by atoms with E-state index in [1.165, 1.54) is 0 Å². The molecule has 1 aromatic heterocycles. The minimum Gasteiger partial charge on any atom is -0.544 e. The Bertz CT molecular complexity index is 1010. The molecule has 28 heavy (non-hydrogen) atoms. The average molecular weight is 392 g/mol. The lowest BCUT2D eigenvalue weighted by Gasteiger charge is -2.09. The topological polar surface area (TPSA) is 71.5 Å². The van der Waals surface area contributed by atoms with E-state index in [0.29, 0.717) is 28.8 Å². The molecule has 3 rings (SSSR count). The molecule has 0 unspecified atom stereocenters. The van der Waals surface area contributed by atoms with Crippen LogP contribution < -0.4 is 14.6 Å². The number of carbonyl (C=O) groups is 1. The largest absolute Gasteiger partial charge is 0.544 e. The first kappa shape index (κ1) is 19.4. The van der Waals surface area contributed by atoms with Gasteiger partial charge in [-0.15, -0.1) is 11.3 Å². The number of aromatic carboxylic acids is 1. The lowest BCUT2D eigenvalue weighted by Crippen LogP contribution is -2.21. The van der Waals surface area contributed by atoms with E-state index in [1.54, 1.807) is 19.3 Å². The van der Waals surface area contributed by atoms with Gasteiger partial charge in [0.1, 0.15) is 11.6 Å². The van der Waals surface area contributed by atoms with Gasteiger partial charge in [-0.25, -0.2) is 4.98 Å². The molecular formula is C22H18NO4S-. The van der Waals surface area contributed by atoms with Crippen LogP contribution in [0, 0.1) is 0 Å². The number of hydrogen-bond acceptors (Lipinski definition) is 6. The Kier molecular flexibility index (Phi) is 6.24. The molecule has 0 bridgehead atoms. The van der Waals surface area contributed by atoms with Crippen LogP contribution in [0.2, 0.25) is 0 Å². The Labute approximate surface area is 167 Å². The number of ether oxygens (including phenoxy) is 2. The highest BCUT2D eigenvalue weighted by atomic mass is 32.1. The molecule has 0 amide bonds. The molecule has 0 spiro atoms. The van der Waals surface area contributed by atoms with Crippen molar-refractivity contribution in [3.8, 4) is 22.8 Å². The van der Waals surface area contributed by atoms with Crippen molar-refractivity contribution >= 4 is 29.5 Å². The van der Waals surface area contributed by atoms with E-state index in [1.807, 2.05) is 54.6 Å². The summed E-state index contributed by atoms with van der Waals surface area (Å²) in [6.45, 7) is 4.01. The summed E-state index contributed by atoms with van der Waals surface area (Å²) in [4.78, 5) is 16.1. The number of thiazole rings is 1. The van der Waals surface area contributed by atoms with Gasteiger partial charge in [0, 0.05) is 5.56 Å². The molecule has 142 valence electrons. The first-order valence-corrected chi connectivity index (χ1v) is 9.31. The smallest absolute Gasteiger partial charge is 0.161 e. The maximum Gasteiger partial charge on any atom is 0.161 e. The van der Waals surface area contributed by atoms with E-state index in [4.69, 9.17) is 9.47 Å². The SMILES string of the molecule is C=CCOc1ccc(/C=C/c2nc(-c3ccccc3)c(C(=O)[O-])s2)cc1OC. The van der Waals surface area contributed by atoms with Gasteiger partial charge >= 0.3 is 0 Å². The van der Waals surface area contributed by atoms with Crippen LogP contribution in [-0.4, -0.2) is 24.7 Å². The first-order chi connectivity index (χ1) is 13.6. The van der Waals surface area contributed by atoms with E-state index >= 15 is 0 Å². The zero-order valence-electron chi connectivity index (χ0n) is 15.3. The van der Waals surface area contributed by atoms with Crippen LogP contribution in [-0.2, 0) is 0 Å². The van der Waals surface area contributed by atoms with Crippen LogP contribution in [0.4, 0.5) is 0 Å². The molecule has 6 heteroatoms. The quantitative estimate of drug-likeness (QED) is 0.544. The molecule has 0 fully saturated rings. The standard InChI is InChI=1S/C22H19NO4S/c1-3-13-27-17-11-9-15(14-18(17)26-2)10-12-19-23-20(21(28-19)22(24)25)16-7-5-4-6-8-16/h3-12,14H,1,13H2,2H3,(H,24,25)/p-1/b12-10+. The third-order valence-electron chi connectivity index (χ3n) is 3.84. The van der Waals surface area contributed by atoms with Crippen LogP contribution >= 0.6 is 11.3 Å². The molecule has 3 aromatic rings. The van der Waals surface area contributed by atoms with Gasteiger partial charge in [0.05, 0.1) is 23.7 Å². The van der Waals surface area contributed by atoms with Crippen LogP contribution in [0.15, 0.2) is 61.2 Å². The van der Waals surface area contributed by atoms with Crippen molar-refractivity contribution in [3.63, 3.8) is 0 Å². The number of hydrogen-bond donors (Lipinski definition) is 0. The third-order valence-corrected chi connectivity index (χ3v) is 4.84. The number of carbonyl (C=O) groups excluding carboxylic acids is 1. The van der Waals surface area contributed by atoms with Crippen LogP contribution in [0.3, 0.4) is 0 Å². The van der Waals surface area contributed by atoms with E-state index in [0.717, 1.165) is 22.5 Å². The number of carboxylic acid groups (broad SMARTS) is 1. The maximum atomic E-state index is 11.5. The molecule has 1 heterocycles. The third kappa shape index (κ3) is 4.47. The Hall–Kier alpha value is -3.38. The molecule has 0 aliphatic heterocycles. The highest BCUT2D eigenvalue weighted by Gasteiger charge is 2.12. The van der Waals surface area contributed by atoms with Gasteiger partial charge in [-0.2, -0.15) is 0 Å². The molecule has 0 radical (unpaired) electrons. The summed E-state index contributed by atoms with van der Waals surface area (Å²) in [6, 6.07) is 14.7. The van der Waals surface area contributed by atoms with Crippen molar-refractivity contribution in [1.82, 2.24) is 4.98 Å². The van der Waals surface area contributed by atoms with Gasteiger partial charge in [0.15, 0.2) is 11.5 Å². The molecule has 0 saturated carbocycles. The van der Waals surface area contributed by atoms with Crippen LogP contribution in [0.1, 0.15) is 20.2 Å². The first-order valence-electron chi connectivity index (χ1n) is 8.49. The van der Waals surface area contributed by atoms with Crippen LogP contribution in [0.25, 0.3) is 23.4 Å². The van der Waals surface area contributed by atoms with Crippen molar-refractivity contribution in [2.45, 2.75) is 0 Å². The van der Waals surface area contributed by atoms with E-state index in [2.05, 4.69) is 11.6 Å². The maximum absolute atomic E-state index is 11.5. The second-order valence-electron chi connectivity index (χ2n) is 5.73. The Morgan fingerprint density at radius 1 is 1.18 bits per heavy atom. The fraction of sp³-hybridized carbons (Fsp3) is 0.0909. The minimum atomic E-state index is -1.23. The number of carboxylic acids is 1. The fourth-order valence-corrected chi connectivity index (χ4v) is 3.39. The second-order valence-corrected chi connectivity index (χ2v) is 6.76. The molecular weight excluding hydrogens is 374 g/mol. The van der Waals surface area contributed by atoms with Crippen LogP contribution in [0.5, 0.6) is 11.5 Å². The molecule has 5 nitrogen and oxygen atoms in total. The predicted molar refractivity (Wildman–Crippen MR) is 109 cm³/mol. The molecule has 0 aliphatic carbocycles. The average Bonchev–Trinajstić information content (AvgIpc) is 3.16. The molecule has 2 aromatic carbocycles. The number of nitrogens with zero attached hydrogens (tertiary/aromatic N) is 1. The Morgan fingerprint density at radius 2 is 1.96 bits per heavy atom. The summed E-state index contributed by atoms with van der Waals surface area (Å²) in [7, 11) is 1.57. The van der Waals surface area contributed by atoms with Gasteiger partial charge in [0.25, 0.3) is 0 Å². The van der Waals surface area contributed by atoms with Gasteiger partial charge < -0.3 is 19.4 Å². The normalized spacial score (nSPS) is 10.8. The monoisotopic (exact) mass is 392 g/mol. The van der Waals surface area contributed by atoms with Gasteiger partial charge in [-0.3, -0.25) is 0 Å². The molecule has 0 aliphatic rings. The second kappa shape index (κ2) is 9.01. The summed E-state index contributed by atoms with van der Waals surface area (Å²) in [5.41, 5.74) is 2.02. The summed E-state index contributed by atoms with van der Waals surface area (Å²) in [6.07, 6.45) is 5.27. The number of aromatic nitrogens is 1. The summed E-state index contributed by atoms with van der Waals surface area (Å²) < 4.78 is 10.9. The van der Waals surface area contributed by atoms with Crippen molar-refractivity contribution in [2.24, 2.45) is 0 Å². The van der Waals surface area contributed by atoms with E-state index < -0.39 is 5.97 Å². The summed E-state index contributed by atoms with van der Waals surface area (Å²) in [5, 5.41) is 12.1. The predicted octanol–water partition coefficient (Wildman–Crippen LogP) is 3.92. The lowest BCUT2D eigenvalue weighted by molar-refractivity contribution is -0.254. The lowest BCUT2D eigenvalue weighted by atomic mass is 10.1. The van der Waals surface area contributed by atoms with Gasteiger partial charge in [-0.1, -0.05) is 55.1 Å². The highest BCUT2D eigenvalue weighted by molar-refractivity contribution is 7.14. The minimum absolute atomic E-state index is 0.108. The Balaban J connectivity index is 1.88. The molecule has 0 atom stereocenters. The summed E-state index contributed by atoms with van der Waals surface area (Å²) in [5.74, 6) is -0.00988. The van der Waals surface area contributed by atoms with Crippen molar-refractivity contribution in [3.05, 3.63) is 76.6 Å². The molecule has 0 saturated heterocycles. The van der Waals surface area contributed by atoms with Gasteiger partial charge in [0.2, 0.25) is 0 Å². The number of methoxy groups -OCH3 is 1.